The van der Waals surface area contributed by atoms with Gasteiger partial charge in [0.1, 0.15) is 0 Å². The van der Waals surface area contributed by atoms with E-state index in [0.717, 1.165) is 19.1 Å². The predicted molar refractivity (Wildman–Crippen MR) is 72.2 cm³/mol. The van der Waals surface area contributed by atoms with E-state index in [1.807, 2.05) is 0 Å². The normalized spacial score (nSPS) is 39.2. The molecule has 1 spiro atoms. The molecule has 0 bridgehead atoms. The minimum Gasteiger partial charge on any atom is -0.372 e. The van der Waals surface area contributed by atoms with Crippen LogP contribution in [0.2, 0.25) is 0 Å². The molecule has 0 radical (unpaired) electrons. The monoisotopic (exact) mass is 239 g/mol. The molecule has 1 heterocycles. The van der Waals surface area contributed by atoms with Gasteiger partial charge in [-0.1, -0.05) is 39.5 Å². The smallest absolute Gasteiger partial charge is 0.0835 e. The zero-order valence-electron chi connectivity index (χ0n) is 11.6. The Kier molecular flexibility index (Phi) is 4.87. The van der Waals surface area contributed by atoms with Gasteiger partial charge in [0.15, 0.2) is 0 Å². The fourth-order valence-corrected chi connectivity index (χ4v) is 3.74. The molecule has 1 aliphatic carbocycles. The van der Waals surface area contributed by atoms with Crippen LogP contribution in [0.3, 0.4) is 0 Å². The molecule has 0 aromatic carbocycles. The van der Waals surface area contributed by atoms with Crippen LogP contribution in [0.5, 0.6) is 0 Å². The summed E-state index contributed by atoms with van der Waals surface area (Å²) in [4.78, 5) is 0. The fourth-order valence-electron chi connectivity index (χ4n) is 3.74. The first-order valence-electron chi connectivity index (χ1n) is 7.68. The lowest BCUT2D eigenvalue weighted by molar-refractivity contribution is -0.108. The van der Waals surface area contributed by atoms with Crippen LogP contribution in [0.1, 0.15) is 65.2 Å². The van der Waals surface area contributed by atoms with Gasteiger partial charge in [-0.3, -0.25) is 0 Å². The van der Waals surface area contributed by atoms with E-state index in [9.17, 15) is 0 Å². The first-order valence-corrected chi connectivity index (χ1v) is 7.68. The lowest BCUT2D eigenvalue weighted by Crippen LogP contribution is -2.57. The zero-order chi connectivity index (χ0) is 12.1. The molecule has 0 amide bonds. The number of morpholine rings is 1. The van der Waals surface area contributed by atoms with E-state index >= 15 is 0 Å². The van der Waals surface area contributed by atoms with Crippen molar-refractivity contribution < 1.29 is 4.74 Å². The second kappa shape index (κ2) is 6.19. The second-order valence-corrected chi connectivity index (χ2v) is 5.91. The van der Waals surface area contributed by atoms with E-state index in [4.69, 9.17) is 4.74 Å². The third kappa shape index (κ3) is 3.03. The molecule has 3 unspecified atom stereocenters. The molecule has 1 saturated carbocycles. The number of hydrogen-bond donors (Lipinski definition) is 1. The van der Waals surface area contributed by atoms with E-state index in [2.05, 4.69) is 19.2 Å². The van der Waals surface area contributed by atoms with Crippen molar-refractivity contribution in [2.24, 2.45) is 5.92 Å². The van der Waals surface area contributed by atoms with Gasteiger partial charge in [-0.15, -0.1) is 0 Å². The maximum atomic E-state index is 6.28. The van der Waals surface area contributed by atoms with Crippen molar-refractivity contribution in [3.05, 3.63) is 0 Å². The maximum absolute atomic E-state index is 6.28. The molecule has 17 heavy (non-hydrogen) atoms. The minimum atomic E-state index is 0.179. The molecular weight excluding hydrogens is 210 g/mol. The summed E-state index contributed by atoms with van der Waals surface area (Å²) in [7, 11) is 0. The lowest BCUT2D eigenvalue weighted by Gasteiger charge is -2.44. The summed E-state index contributed by atoms with van der Waals surface area (Å²) in [5.74, 6) is 0.946. The highest BCUT2D eigenvalue weighted by Gasteiger charge is 2.42. The number of nitrogens with one attached hydrogen (secondary N) is 1. The van der Waals surface area contributed by atoms with Gasteiger partial charge >= 0.3 is 0 Å². The molecule has 1 aliphatic heterocycles. The largest absolute Gasteiger partial charge is 0.372 e. The lowest BCUT2D eigenvalue weighted by atomic mass is 9.82. The molecule has 2 aliphatic rings. The fraction of sp³-hybridized carbons (Fsp3) is 1.00. The molecule has 2 nitrogen and oxygen atoms in total. The van der Waals surface area contributed by atoms with Crippen molar-refractivity contribution in [3.8, 4) is 0 Å². The minimum absolute atomic E-state index is 0.179. The van der Waals surface area contributed by atoms with Crippen molar-refractivity contribution in [1.29, 1.82) is 0 Å². The first-order chi connectivity index (χ1) is 8.30. The van der Waals surface area contributed by atoms with Gasteiger partial charge < -0.3 is 10.1 Å². The molecule has 3 atom stereocenters. The van der Waals surface area contributed by atoms with Crippen LogP contribution in [0, 0.1) is 5.92 Å². The molecule has 2 fully saturated rings. The van der Waals surface area contributed by atoms with Gasteiger partial charge in [-0.2, -0.15) is 0 Å². The van der Waals surface area contributed by atoms with Crippen molar-refractivity contribution >= 4 is 0 Å². The van der Waals surface area contributed by atoms with E-state index < -0.39 is 0 Å². The summed E-state index contributed by atoms with van der Waals surface area (Å²) in [6, 6.07) is 0.608. The Morgan fingerprint density at radius 3 is 2.88 bits per heavy atom. The Morgan fingerprint density at radius 1 is 1.24 bits per heavy atom. The van der Waals surface area contributed by atoms with Crippen LogP contribution in [0.4, 0.5) is 0 Å². The average molecular weight is 239 g/mol. The molecule has 1 N–H and O–H groups in total. The van der Waals surface area contributed by atoms with Gasteiger partial charge in [0, 0.05) is 12.6 Å². The summed E-state index contributed by atoms with van der Waals surface area (Å²) < 4.78 is 6.28. The van der Waals surface area contributed by atoms with Crippen LogP contribution in [0.25, 0.3) is 0 Å². The SMILES string of the molecule is CCCC1NCCOC12CCCC(CC)CC2. The molecule has 100 valence electrons. The standard InChI is InChI=1S/C15H29NO/c1-3-6-14-15(17-12-11-16-14)9-5-7-13(4-2)8-10-15/h13-14,16H,3-12H2,1-2H3. The quantitative estimate of drug-likeness (QED) is 0.814. The van der Waals surface area contributed by atoms with Gasteiger partial charge in [0.2, 0.25) is 0 Å². The van der Waals surface area contributed by atoms with E-state index in [0.29, 0.717) is 6.04 Å². The summed E-state index contributed by atoms with van der Waals surface area (Å²) in [5.41, 5.74) is 0.179. The van der Waals surface area contributed by atoms with Crippen molar-refractivity contribution in [1.82, 2.24) is 5.32 Å². The number of rotatable bonds is 3. The molecule has 2 rings (SSSR count). The van der Waals surface area contributed by atoms with Crippen LogP contribution in [-0.2, 0) is 4.74 Å². The Balaban J connectivity index is 2.03. The predicted octanol–water partition coefficient (Wildman–Crippen LogP) is 3.50. The van der Waals surface area contributed by atoms with E-state index in [1.54, 1.807) is 0 Å². The third-order valence-electron chi connectivity index (χ3n) is 4.86. The molecule has 1 saturated heterocycles. The Bertz CT molecular complexity index is 229. The molecule has 2 heteroatoms. The van der Waals surface area contributed by atoms with Gasteiger partial charge in [0.25, 0.3) is 0 Å². The van der Waals surface area contributed by atoms with Crippen molar-refractivity contribution in [2.45, 2.75) is 76.9 Å². The van der Waals surface area contributed by atoms with E-state index in [-0.39, 0.29) is 5.60 Å². The average Bonchev–Trinajstić information content (AvgIpc) is 2.56. The second-order valence-electron chi connectivity index (χ2n) is 5.91. The highest BCUT2D eigenvalue weighted by molar-refractivity contribution is 4.97. The zero-order valence-corrected chi connectivity index (χ0v) is 11.6. The number of ether oxygens (including phenoxy) is 1. The maximum Gasteiger partial charge on any atom is 0.0835 e. The van der Waals surface area contributed by atoms with Gasteiger partial charge in [-0.05, 0) is 31.6 Å². The Hall–Kier alpha value is -0.0800. The topological polar surface area (TPSA) is 21.3 Å². The Labute approximate surface area is 107 Å². The first kappa shape index (κ1) is 13.4. The van der Waals surface area contributed by atoms with Crippen molar-refractivity contribution in [2.75, 3.05) is 13.2 Å². The van der Waals surface area contributed by atoms with E-state index in [1.165, 1.54) is 51.4 Å². The molecular formula is C15H29NO. The molecule has 0 aromatic heterocycles. The number of hydrogen-bond acceptors (Lipinski definition) is 2. The Morgan fingerprint density at radius 2 is 2.12 bits per heavy atom. The van der Waals surface area contributed by atoms with Crippen LogP contribution in [-0.4, -0.2) is 24.8 Å². The van der Waals surface area contributed by atoms with Crippen molar-refractivity contribution in [3.63, 3.8) is 0 Å². The van der Waals surface area contributed by atoms with Crippen LogP contribution < -0.4 is 5.32 Å². The van der Waals surface area contributed by atoms with Gasteiger partial charge in [0.05, 0.1) is 12.2 Å². The highest BCUT2D eigenvalue weighted by atomic mass is 16.5. The summed E-state index contributed by atoms with van der Waals surface area (Å²) in [6.45, 7) is 6.59. The van der Waals surface area contributed by atoms with Gasteiger partial charge in [-0.25, -0.2) is 0 Å². The van der Waals surface area contributed by atoms with Crippen LogP contribution in [0.15, 0.2) is 0 Å². The highest BCUT2D eigenvalue weighted by Crippen LogP contribution is 2.39. The molecule has 0 aromatic rings. The summed E-state index contributed by atoms with van der Waals surface area (Å²) in [6.07, 6.45) is 10.6. The third-order valence-corrected chi connectivity index (χ3v) is 4.86. The van der Waals surface area contributed by atoms with Crippen LogP contribution >= 0.6 is 0 Å². The summed E-state index contributed by atoms with van der Waals surface area (Å²) >= 11 is 0. The summed E-state index contributed by atoms with van der Waals surface area (Å²) in [5, 5.41) is 3.72.